The van der Waals surface area contributed by atoms with Crippen molar-refractivity contribution in [1.29, 1.82) is 0 Å². The summed E-state index contributed by atoms with van der Waals surface area (Å²) in [5, 5.41) is 0. The first kappa shape index (κ1) is 14.1. The van der Waals surface area contributed by atoms with Gasteiger partial charge in [0, 0.05) is 0 Å². The Bertz CT molecular complexity index is 272. The molecule has 1 aromatic rings. The molecule has 0 atom stereocenters. The van der Waals surface area contributed by atoms with Gasteiger partial charge in [-0.05, 0) is 31.1 Å². The standard InChI is InChI=1S/C16H26O/c1-2-3-4-5-6-7-8-9-10-11-13-16-14-12-15-17-16/h11-15H,2-10H2,1H3/b13-11+. The first-order valence-corrected chi connectivity index (χ1v) is 7.13. The Morgan fingerprint density at radius 1 is 1.00 bits per heavy atom. The van der Waals surface area contributed by atoms with Gasteiger partial charge in [-0.2, -0.15) is 0 Å². The second kappa shape index (κ2) is 10.2. The lowest BCUT2D eigenvalue weighted by Crippen LogP contribution is -1.79. The van der Waals surface area contributed by atoms with Crippen molar-refractivity contribution in [3.63, 3.8) is 0 Å². The molecule has 0 aliphatic carbocycles. The Balaban J connectivity index is 1.84. The average Bonchev–Trinajstić information content (AvgIpc) is 2.85. The lowest BCUT2D eigenvalue weighted by Gasteiger charge is -1.99. The van der Waals surface area contributed by atoms with Crippen LogP contribution in [-0.2, 0) is 0 Å². The normalized spacial score (nSPS) is 11.4. The largest absolute Gasteiger partial charge is 0.465 e. The molecular weight excluding hydrogens is 208 g/mol. The summed E-state index contributed by atoms with van der Waals surface area (Å²) in [6.45, 7) is 2.27. The van der Waals surface area contributed by atoms with Crippen LogP contribution in [0.1, 0.15) is 70.5 Å². The van der Waals surface area contributed by atoms with Gasteiger partial charge in [0.2, 0.25) is 0 Å². The van der Waals surface area contributed by atoms with Crippen LogP contribution in [-0.4, -0.2) is 0 Å². The van der Waals surface area contributed by atoms with E-state index in [2.05, 4.69) is 19.1 Å². The second-order valence-corrected chi connectivity index (χ2v) is 4.68. The molecule has 0 fully saturated rings. The molecule has 1 heteroatoms. The van der Waals surface area contributed by atoms with E-state index in [0.717, 1.165) is 5.76 Å². The highest BCUT2D eigenvalue weighted by atomic mass is 16.3. The molecule has 0 saturated heterocycles. The maximum atomic E-state index is 5.23. The van der Waals surface area contributed by atoms with Crippen LogP contribution in [0.15, 0.2) is 28.9 Å². The third kappa shape index (κ3) is 7.84. The zero-order valence-corrected chi connectivity index (χ0v) is 11.2. The molecule has 0 N–H and O–H groups in total. The van der Waals surface area contributed by atoms with Gasteiger partial charge in [-0.1, -0.05) is 57.9 Å². The van der Waals surface area contributed by atoms with Crippen molar-refractivity contribution in [2.75, 3.05) is 0 Å². The zero-order valence-electron chi connectivity index (χ0n) is 11.2. The Morgan fingerprint density at radius 3 is 2.35 bits per heavy atom. The maximum absolute atomic E-state index is 5.23. The van der Waals surface area contributed by atoms with E-state index in [4.69, 9.17) is 4.42 Å². The highest BCUT2D eigenvalue weighted by molar-refractivity contribution is 5.41. The fraction of sp³-hybridized carbons (Fsp3) is 0.625. The lowest BCUT2D eigenvalue weighted by molar-refractivity contribution is 0.556. The fourth-order valence-electron chi connectivity index (χ4n) is 1.98. The molecule has 1 heterocycles. The van der Waals surface area contributed by atoms with E-state index in [1.165, 1.54) is 57.8 Å². The number of rotatable bonds is 10. The second-order valence-electron chi connectivity index (χ2n) is 4.68. The predicted octanol–water partition coefficient (Wildman–Crippen LogP) is 5.82. The van der Waals surface area contributed by atoms with Crippen LogP contribution >= 0.6 is 0 Å². The number of hydrogen-bond acceptors (Lipinski definition) is 1. The molecule has 1 nitrogen and oxygen atoms in total. The van der Waals surface area contributed by atoms with Gasteiger partial charge in [-0.3, -0.25) is 0 Å². The molecule has 0 aromatic carbocycles. The van der Waals surface area contributed by atoms with Crippen molar-refractivity contribution in [2.24, 2.45) is 0 Å². The van der Waals surface area contributed by atoms with Crippen molar-refractivity contribution in [3.8, 4) is 0 Å². The molecule has 96 valence electrons. The zero-order chi connectivity index (χ0) is 12.2. The van der Waals surface area contributed by atoms with Crippen LogP contribution in [0, 0.1) is 0 Å². The summed E-state index contributed by atoms with van der Waals surface area (Å²) in [6.07, 6.45) is 18.3. The van der Waals surface area contributed by atoms with Crippen molar-refractivity contribution < 1.29 is 4.42 Å². The van der Waals surface area contributed by atoms with Crippen LogP contribution < -0.4 is 0 Å². The monoisotopic (exact) mass is 234 g/mol. The Labute approximate surface area is 106 Å². The summed E-state index contributed by atoms with van der Waals surface area (Å²) in [4.78, 5) is 0. The minimum atomic E-state index is 0.963. The molecule has 0 bridgehead atoms. The topological polar surface area (TPSA) is 13.1 Å². The highest BCUT2D eigenvalue weighted by Crippen LogP contribution is 2.10. The fourth-order valence-corrected chi connectivity index (χ4v) is 1.98. The van der Waals surface area contributed by atoms with Crippen molar-refractivity contribution in [2.45, 2.75) is 64.7 Å². The molecule has 0 aliphatic heterocycles. The van der Waals surface area contributed by atoms with Gasteiger partial charge in [-0.25, -0.2) is 0 Å². The van der Waals surface area contributed by atoms with Crippen molar-refractivity contribution >= 4 is 6.08 Å². The lowest BCUT2D eigenvalue weighted by atomic mass is 10.1. The predicted molar refractivity (Wildman–Crippen MR) is 75.0 cm³/mol. The smallest absolute Gasteiger partial charge is 0.126 e. The first-order chi connectivity index (χ1) is 8.43. The van der Waals surface area contributed by atoms with Gasteiger partial charge in [-0.15, -0.1) is 0 Å². The van der Waals surface area contributed by atoms with Crippen LogP contribution in [0.3, 0.4) is 0 Å². The molecule has 1 rings (SSSR count). The van der Waals surface area contributed by atoms with Gasteiger partial charge in [0.05, 0.1) is 6.26 Å². The van der Waals surface area contributed by atoms with Crippen LogP contribution in [0.4, 0.5) is 0 Å². The summed E-state index contributed by atoms with van der Waals surface area (Å²) < 4.78 is 5.23. The van der Waals surface area contributed by atoms with Gasteiger partial charge < -0.3 is 4.42 Å². The maximum Gasteiger partial charge on any atom is 0.126 e. The van der Waals surface area contributed by atoms with E-state index in [1.807, 2.05) is 12.1 Å². The van der Waals surface area contributed by atoms with E-state index in [0.29, 0.717) is 0 Å². The molecule has 0 unspecified atom stereocenters. The average molecular weight is 234 g/mol. The van der Waals surface area contributed by atoms with Gasteiger partial charge >= 0.3 is 0 Å². The quantitative estimate of drug-likeness (QED) is 0.465. The third-order valence-electron chi connectivity index (χ3n) is 3.05. The van der Waals surface area contributed by atoms with E-state index >= 15 is 0 Å². The highest BCUT2D eigenvalue weighted by Gasteiger charge is 1.91. The van der Waals surface area contributed by atoms with Gasteiger partial charge in [0.25, 0.3) is 0 Å². The Hall–Kier alpha value is -0.980. The number of unbranched alkanes of at least 4 members (excludes halogenated alkanes) is 8. The van der Waals surface area contributed by atoms with Crippen molar-refractivity contribution in [1.82, 2.24) is 0 Å². The minimum Gasteiger partial charge on any atom is -0.465 e. The number of furan rings is 1. The van der Waals surface area contributed by atoms with Gasteiger partial charge in [0.15, 0.2) is 0 Å². The number of hydrogen-bond donors (Lipinski definition) is 0. The van der Waals surface area contributed by atoms with Crippen LogP contribution in [0.5, 0.6) is 0 Å². The molecule has 0 saturated carbocycles. The molecule has 0 spiro atoms. The molecular formula is C16H26O. The Morgan fingerprint density at radius 2 is 1.71 bits per heavy atom. The Kier molecular flexibility index (Phi) is 8.44. The van der Waals surface area contributed by atoms with Crippen LogP contribution in [0.25, 0.3) is 6.08 Å². The summed E-state index contributed by atoms with van der Waals surface area (Å²) in [6, 6.07) is 3.92. The van der Waals surface area contributed by atoms with E-state index in [-0.39, 0.29) is 0 Å². The van der Waals surface area contributed by atoms with E-state index in [9.17, 15) is 0 Å². The number of allylic oxidation sites excluding steroid dienone is 1. The SMILES string of the molecule is CCCCCCCCCC/C=C/c1ccco1. The molecule has 0 aliphatic rings. The van der Waals surface area contributed by atoms with E-state index < -0.39 is 0 Å². The summed E-state index contributed by atoms with van der Waals surface area (Å²) >= 11 is 0. The summed E-state index contributed by atoms with van der Waals surface area (Å²) in [5.41, 5.74) is 0. The summed E-state index contributed by atoms with van der Waals surface area (Å²) in [7, 11) is 0. The van der Waals surface area contributed by atoms with Crippen LogP contribution in [0.2, 0.25) is 0 Å². The molecule has 0 radical (unpaired) electrons. The van der Waals surface area contributed by atoms with Crippen molar-refractivity contribution in [3.05, 3.63) is 30.2 Å². The molecule has 1 aromatic heterocycles. The molecule has 17 heavy (non-hydrogen) atoms. The summed E-state index contributed by atoms with van der Waals surface area (Å²) in [5.74, 6) is 0.963. The molecule has 0 amide bonds. The third-order valence-corrected chi connectivity index (χ3v) is 3.05. The van der Waals surface area contributed by atoms with Gasteiger partial charge in [0.1, 0.15) is 5.76 Å². The first-order valence-electron chi connectivity index (χ1n) is 7.13. The minimum absolute atomic E-state index is 0.963. The van der Waals surface area contributed by atoms with E-state index in [1.54, 1.807) is 6.26 Å².